The molecule has 0 bridgehead atoms. The van der Waals surface area contributed by atoms with Crippen LogP contribution in [0, 0.1) is 5.92 Å². The van der Waals surface area contributed by atoms with Crippen molar-refractivity contribution in [1.29, 1.82) is 0 Å². The van der Waals surface area contributed by atoms with Gasteiger partial charge in [-0.15, -0.1) is 11.8 Å². The lowest BCUT2D eigenvalue weighted by Crippen LogP contribution is -2.18. The molecule has 2 nitrogen and oxygen atoms in total. The van der Waals surface area contributed by atoms with Crippen molar-refractivity contribution in [2.45, 2.75) is 24.4 Å². The second-order valence-electron chi connectivity index (χ2n) is 3.30. The van der Waals surface area contributed by atoms with Crippen LogP contribution >= 0.6 is 11.8 Å². The number of hydrogen-bond acceptors (Lipinski definition) is 3. The molecule has 1 N–H and O–H groups in total. The Morgan fingerprint density at radius 2 is 2.50 bits per heavy atom. The van der Waals surface area contributed by atoms with Crippen molar-refractivity contribution >= 4 is 11.8 Å². The first-order valence-corrected chi connectivity index (χ1v) is 5.49. The van der Waals surface area contributed by atoms with Crippen LogP contribution in [0.1, 0.15) is 12.8 Å². The number of thioether (sulfide) groups is 1. The van der Waals surface area contributed by atoms with Crippen LogP contribution in [0.5, 0.6) is 0 Å². The lowest BCUT2D eigenvalue weighted by atomic mass is 10.0. The van der Waals surface area contributed by atoms with E-state index in [2.05, 4.69) is 12.2 Å². The molecule has 1 aliphatic heterocycles. The summed E-state index contributed by atoms with van der Waals surface area (Å²) in [5.74, 6) is 1.44. The SMILES string of the molecule is O[C@H]1CC=C[C@H]1CC1OCCS1. The number of rotatable bonds is 2. The predicted octanol–water partition coefficient (Wildman–Crippen LogP) is 1.40. The van der Waals surface area contributed by atoms with Gasteiger partial charge in [0, 0.05) is 11.7 Å². The van der Waals surface area contributed by atoms with Gasteiger partial charge in [-0.25, -0.2) is 0 Å². The van der Waals surface area contributed by atoms with Crippen molar-refractivity contribution in [3.05, 3.63) is 12.2 Å². The largest absolute Gasteiger partial charge is 0.392 e. The van der Waals surface area contributed by atoms with Crippen LogP contribution in [-0.4, -0.2) is 29.0 Å². The van der Waals surface area contributed by atoms with Gasteiger partial charge in [-0.3, -0.25) is 0 Å². The first kappa shape index (κ1) is 8.60. The molecule has 0 spiro atoms. The Kier molecular flexibility index (Phi) is 2.73. The molecule has 68 valence electrons. The van der Waals surface area contributed by atoms with Gasteiger partial charge >= 0.3 is 0 Å². The van der Waals surface area contributed by atoms with Gasteiger partial charge < -0.3 is 9.84 Å². The van der Waals surface area contributed by atoms with Crippen LogP contribution < -0.4 is 0 Å². The maximum atomic E-state index is 9.52. The quantitative estimate of drug-likeness (QED) is 0.661. The van der Waals surface area contributed by atoms with E-state index in [4.69, 9.17) is 4.74 Å². The summed E-state index contributed by atoms with van der Waals surface area (Å²) >= 11 is 1.86. The monoisotopic (exact) mass is 186 g/mol. The normalized spacial score (nSPS) is 40.9. The average Bonchev–Trinajstić information content (AvgIpc) is 2.65. The summed E-state index contributed by atoms with van der Waals surface area (Å²) in [6.45, 7) is 0.877. The fraction of sp³-hybridized carbons (Fsp3) is 0.778. The minimum Gasteiger partial charge on any atom is -0.392 e. The highest BCUT2D eigenvalue weighted by atomic mass is 32.2. The van der Waals surface area contributed by atoms with Crippen molar-refractivity contribution in [3.63, 3.8) is 0 Å². The summed E-state index contributed by atoms with van der Waals surface area (Å²) in [5.41, 5.74) is 0.326. The van der Waals surface area contributed by atoms with Gasteiger partial charge in [0.15, 0.2) is 0 Å². The summed E-state index contributed by atoms with van der Waals surface area (Å²) in [4.78, 5) is 0. The third-order valence-corrected chi connectivity index (χ3v) is 3.51. The molecule has 1 aliphatic carbocycles. The van der Waals surface area contributed by atoms with E-state index in [1.54, 1.807) is 0 Å². The second kappa shape index (κ2) is 3.81. The minimum atomic E-state index is -0.158. The highest BCUT2D eigenvalue weighted by Crippen LogP contribution is 2.30. The minimum absolute atomic E-state index is 0.158. The van der Waals surface area contributed by atoms with Gasteiger partial charge in [-0.1, -0.05) is 12.2 Å². The van der Waals surface area contributed by atoms with Crippen LogP contribution in [0.15, 0.2) is 12.2 Å². The maximum absolute atomic E-state index is 9.52. The summed E-state index contributed by atoms with van der Waals surface area (Å²) < 4.78 is 5.48. The molecule has 0 amide bonds. The second-order valence-corrected chi connectivity index (χ2v) is 4.57. The number of aliphatic hydroxyl groups excluding tert-OH is 1. The Hall–Kier alpha value is 0.01000. The van der Waals surface area contributed by atoms with Gasteiger partial charge in [-0.2, -0.15) is 0 Å². The number of hydrogen-bond donors (Lipinski definition) is 1. The van der Waals surface area contributed by atoms with Crippen molar-refractivity contribution in [2.24, 2.45) is 5.92 Å². The predicted molar refractivity (Wildman–Crippen MR) is 50.1 cm³/mol. The van der Waals surface area contributed by atoms with E-state index >= 15 is 0 Å². The van der Waals surface area contributed by atoms with E-state index in [1.165, 1.54) is 0 Å². The van der Waals surface area contributed by atoms with Crippen molar-refractivity contribution in [3.8, 4) is 0 Å². The topological polar surface area (TPSA) is 29.5 Å². The molecule has 1 fully saturated rings. The van der Waals surface area contributed by atoms with Gasteiger partial charge in [0.2, 0.25) is 0 Å². The first-order valence-electron chi connectivity index (χ1n) is 4.44. The highest BCUT2D eigenvalue weighted by Gasteiger charge is 2.26. The van der Waals surface area contributed by atoms with Crippen LogP contribution in [0.2, 0.25) is 0 Å². The van der Waals surface area contributed by atoms with Crippen molar-refractivity contribution in [2.75, 3.05) is 12.4 Å². The Morgan fingerprint density at radius 3 is 3.08 bits per heavy atom. The fourth-order valence-corrected chi connectivity index (χ4v) is 2.70. The smallest absolute Gasteiger partial charge is 0.103 e. The fourth-order valence-electron chi connectivity index (χ4n) is 1.70. The zero-order valence-corrected chi connectivity index (χ0v) is 7.80. The average molecular weight is 186 g/mol. The van der Waals surface area contributed by atoms with E-state index in [9.17, 15) is 5.11 Å². The summed E-state index contributed by atoms with van der Waals surface area (Å²) in [5, 5.41) is 9.52. The van der Waals surface area contributed by atoms with Crippen LogP contribution in [-0.2, 0) is 4.74 Å². The standard InChI is InChI=1S/C9H14O2S/c10-8-3-1-2-7(8)6-9-11-4-5-12-9/h1-2,7-10H,3-6H2/t7-,8-,9?/m0/s1. The van der Waals surface area contributed by atoms with Gasteiger partial charge in [0.25, 0.3) is 0 Å². The van der Waals surface area contributed by atoms with Crippen molar-refractivity contribution in [1.82, 2.24) is 0 Å². The third kappa shape index (κ3) is 1.84. The molecule has 1 heterocycles. The molecule has 2 aliphatic rings. The molecule has 2 rings (SSSR count). The van der Waals surface area contributed by atoms with E-state index in [0.717, 1.165) is 25.2 Å². The summed E-state index contributed by atoms with van der Waals surface area (Å²) in [6.07, 6.45) is 5.82. The zero-order chi connectivity index (χ0) is 8.39. The lowest BCUT2D eigenvalue weighted by molar-refractivity contribution is 0.0889. The van der Waals surface area contributed by atoms with Gasteiger partial charge in [0.05, 0.1) is 12.7 Å². The molecule has 12 heavy (non-hydrogen) atoms. The molecule has 0 radical (unpaired) electrons. The maximum Gasteiger partial charge on any atom is 0.103 e. The van der Waals surface area contributed by atoms with Crippen LogP contribution in [0.4, 0.5) is 0 Å². The molecule has 3 atom stereocenters. The summed E-state index contributed by atoms with van der Waals surface area (Å²) in [6, 6.07) is 0. The van der Waals surface area contributed by atoms with Crippen LogP contribution in [0.25, 0.3) is 0 Å². The Labute approximate surface area is 77.0 Å². The Bertz CT molecular complexity index is 175. The van der Waals surface area contributed by atoms with E-state index < -0.39 is 0 Å². The van der Waals surface area contributed by atoms with E-state index in [-0.39, 0.29) is 6.10 Å². The molecule has 1 unspecified atom stereocenters. The molecule has 1 saturated heterocycles. The zero-order valence-electron chi connectivity index (χ0n) is 6.98. The Morgan fingerprint density at radius 1 is 1.58 bits per heavy atom. The van der Waals surface area contributed by atoms with Gasteiger partial charge in [0.1, 0.15) is 5.44 Å². The van der Waals surface area contributed by atoms with Gasteiger partial charge in [-0.05, 0) is 12.8 Å². The van der Waals surface area contributed by atoms with E-state index in [0.29, 0.717) is 11.4 Å². The molecule has 3 heteroatoms. The van der Waals surface area contributed by atoms with E-state index in [1.807, 2.05) is 11.8 Å². The van der Waals surface area contributed by atoms with Crippen molar-refractivity contribution < 1.29 is 9.84 Å². The highest BCUT2D eigenvalue weighted by molar-refractivity contribution is 7.99. The molecule has 0 saturated carbocycles. The number of aliphatic hydroxyl groups is 1. The number of ether oxygens (including phenoxy) is 1. The molecular formula is C9H14O2S. The molecule has 0 aromatic rings. The molecule has 0 aromatic heterocycles. The first-order chi connectivity index (χ1) is 5.86. The summed E-state index contributed by atoms with van der Waals surface area (Å²) in [7, 11) is 0. The lowest BCUT2D eigenvalue weighted by Gasteiger charge is -2.16. The molecular weight excluding hydrogens is 172 g/mol. The third-order valence-electron chi connectivity index (χ3n) is 2.41. The Balaban J connectivity index is 1.81. The molecule has 0 aromatic carbocycles. The van der Waals surface area contributed by atoms with Crippen LogP contribution in [0.3, 0.4) is 0 Å².